The fraction of sp³-hybridized carbons (Fsp3) is 0.533. The van der Waals surface area contributed by atoms with Gasteiger partial charge < -0.3 is 10.8 Å². The first-order chi connectivity index (χ1) is 12.9. The van der Waals surface area contributed by atoms with E-state index in [4.69, 9.17) is 5.73 Å². The van der Waals surface area contributed by atoms with E-state index in [0.29, 0.717) is 29.4 Å². The lowest BCUT2D eigenvalue weighted by molar-refractivity contribution is -0.147. The van der Waals surface area contributed by atoms with E-state index in [1.165, 1.54) is 21.2 Å². The number of unbranched alkanes of at least 4 members (excludes halogenated alkanes) is 1. The van der Waals surface area contributed by atoms with Gasteiger partial charge in [0.15, 0.2) is 5.16 Å². The maximum atomic E-state index is 12.1. The van der Waals surface area contributed by atoms with Gasteiger partial charge in [-0.1, -0.05) is 25.1 Å². The maximum Gasteiger partial charge on any atom is 0.352 e. The molecule has 1 aromatic rings. The minimum atomic E-state index is -1.19. The smallest absolute Gasteiger partial charge is 0.352 e. The van der Waals surface area contributed by atoms with E-state index >= 15 is 0 Å². The zero-order valence-electron chi connectivity index (χ0n) is 14.5. The quantitative estimate of drug-likeness (QED) is 0.302. The Morgan fingerprint density at radius 3 is 2.85 bits per heavy atom. The van der Waals surface area contributed by atoms with E-state index in [9.17, 15) is 24.3 Å². The van der Waals surface area contributed by atoms with Crippen LogP contribution in [0.15, 0.2) is 26.0 Å². The molecule has 0 aromatic carbocycles. The molecule has 27 heavy (non-hydrogen) atoms. The van der Waals surface area contributed by atoms with Crippen LogP contribution in [0.25, 0.3) is 0 Å². The molecule has 146 valence electrons. The van der Waals surface area contributed by atoms with Crippen LogP contribution in [0, 0.1) is 0 Å². The van der Waals surface area contributed by atoms with E-state index in [1.54, 1.807) is 0 Å². The Balaban J connectivity index is 1.86. The van der Waals surface area contributed by atoms with Crippen LogP contribution < -0.4 is 16.9 Å². The normalized spacial score (nSPS) is 21.9. The summed E-state index contributed by atoms with van der Waals surface area (Å²) in [6.45, 7) is 2.32. The molecule has 1 amide bonds. The molecular formula is C15H19N5O5S2. The summed E-state index contributed by atoms with van der Waals surface area (Å²) in [6, 6.07) is -0.682. The van der Waals surface area contributed by atoms with Gasteiger partial charge in [0.2, 0.25) is 5.91 Å². The molecular weight excluding hydrogens is 394 g/mol. The van der Waals surface area contributed by atoms with Crippen LogP contribution >= 0.6 is 23.5 Å². The molecule has 0 aliphatic carbocycles. The maximum absolute atomic E-state index is 12.1. The third-order valence-corrected chi connectivity index (χ3v) is 6.75. The highest BCUT2D eigenvalue weighted by Crippen LogP contribution is 2.40. The number of β-lactam (4-membered cyclic amide) rings is 1. The highest BCUT2D eigenvalue weighted by molar-refractivity contribution is 8.01. The van der Waals surface area contributed by atoms with E-state index in [1.807, 2.05) is 6.92 Å². The predicted octanol–water partition coefficient (Wildman–Crippen LogP) is -0.595. The summed E-state index contributed by atoms with van der Waals surface area (Å²) in [7, 11) is 0. The number of nitrogens with one attached hydrogen (secondary N) is 1. The van der Waals surface area contributed by atoms with Crippen LogP contribution in [0.4, 0.5) is 0 Å². The van der Waals surface area contributed by atoms with E-state index < -0.39 is 29.0 Å². The number of thioether (sulfide) groups is 2. The fourth-order valence-electron chi connectivity index (χ4n) is 2.88. The van der Waals surface area contributed by atoms with Crippen molar-refractivity contribution in [2.45, 2.75) is 42.9 Å². The Morgan fingerprint density at radius 1 is 1.44 bits per heavy atom. The monoisotopic (exact) mass is 413 g/mol. The molecule has 2 aliphatic heterocycles. The van der Waals surface area contributed by atoms with Gasteiger partial charge in [-0.3, -0.25) is 23.9 Å². The minimum absolute atomic E-state index is 0.0511. The lowest BCUT2D eigenvalue weighted by Gasteiger charge is -2.48. The van der Waals surface area contributed by atoms with Crippen molar-refractivity contribution in [1.82, 2.24) is 19.7 Å². The molecule has 1 aromatic heterocycles. The van der Waals surface area contributed by atoms with Crippen molar-refractivity contribution in [2.75, 3.05) is 11.5 Å². The van der Waals surface area contributed by atoms with Gasteiger partial charge in [0.1, 0.15) is 17.1 Å². The number of hydrogen-bond acceptors (Lipinski definition) is 8. The molecule has 3 rings (SSSR count). The molecule has 2 aliphatic rings. The van der Waals surface area contributed by atoms with Crippen molar-refractivity contribution in [3.05, 3.63) is 32.0 Å². The molecule has 1 fully saturated rings. The van der Waals surface area contributed by atoms with Gasteiger partial charge in [0.05, 0.1) is 0 Å². The molecule has 12 heteroatoms. The first-order valence-corrected chi connectivity index (χ1v) is 10.4. The van der Waals surface area contributed by atoms with E-state index in [0.717, 1.165) is 18.2 Å². The second-order valence-corrected chi connectivity index (χ2v) is 8.17. The van der Waals surface area contributed by atoms with Gasteiger partial charge in [-0.2, -0.15) is 0 Å². The van der Waals surface area contributed by atoms with Crippen LogP contribution in [-0.4, -0.2) is 59.6 Å². The average molecular weight is 413 g/mol. The SMILES string of the molecule is CCCCn1c(SCC2=C(C(=O)O)N3C(=O)C(N)[C@@H]3SC2)n[nH]c(=O)c1=O. The lowest BCUT2D eigenvalue weighted by atomic mass is 10.0. The first kappa shape index (κ1) is 19.7. The lowest BCUT2D eigenvalue weighted by Crippen LogP contribution is -2.68. The number of carboxylic acids is 1. The first-order valence-electron chi connectivity index (χ1n) is 8.34. The molecule has 3 heterocycles. The summed E-state index contributed by atoms with van der Waals surface area (Å²) in [4.78, 5) is 48.5. The number of hydrogen-bond donors (Lipinski definition) is 3. The van der Waals surface area contributed by atoms with E-state index in [2.05, 4.69) is 10.2 Å². The predicted molar refractivity (Wildman–Crippen MR) is 100 cm³/mol. The summed E-state index contributed by atoms with van der Waals surface area (Å²) in [5.74, 6) is -0.951. The molecule has 0 spiro atoms. The fourth-order valence-corrected chi connectivity index (χ4v) is 5.29. The number of nitrogens with zero attached hydrogens (tertiary/aromatic N) is 3. The highest BCUT2D eigenvalue weighted by Gasteiger charge is 2.51. The van der Waals surface area contributed by atoms with Crippen LogP contribution in [-0.2, 0) is 16.1 Å². The van der Waals surface area contributed by atoms with Gasteiger partial charge in [-0.05, 0) is 12.0 Å². The Morgan fingerprint density at radius 2 is 2.19 bits per heavy atom. The third kappa shape index (κ3) is 3.56. The van der Waals surface area contributed by atoms with Crippen molar-refractivity contribution in [3.8, 4) is 0 Å². The molecule has 0 radical (unpaired) electrons. The van der Waals surface area contributed by atoms with Gasteiger partial charge in [-0.25, -0.2) is 9.89 Å². The topological polar surface area (TPSA) is 151 Å². The number of amides is 1. The number of carboxylic acid groups (broad SMARTS) is 1. The summed E-state index contributed by atoms with van der Waals surface area (Å²) in [5, 5.41) is 15.6. The molecule has 1 saturated heterocycles. The van der Waals surface area contributed by atoms with Crippen LogP contribution in [0.5, 0.6) is 0 Å². The largest absolute Gasteiger partial charge is 0.477 e. The van der Waals surface area contributed by atoms with Crippen LogP contribution in [0.3, 0.4) is 0 Å². The van der Waals surface area contributed by atoms with Crippen molar-refractivity contribution >= 4 is 35.4 Å². The molecule has 4 N–H and O–H groups in total. The number of carbonyl (C=O) groups is 2. The van der Waals surface area contributed by atoms with Gasteiger partial charge in [-0.15, -0.1) is 16.9 Å². The number of nitrogens with two attached hydrogens (primary N) is 1. The summed E-state index contributed by atoms with van der Waals surface area (Å²) < 4.78 is 1.30. The van der Waals surface area contributed by atoms with Crippen molar-refractivity contribution in [1.29, 1.82) is 0 Å². The molecule has 0 saturated carbocycles. The number of aliphatic carboxylic acids is 1. The summed E-state index contributed by atoms with van der Waals surface area (Å²) in [6.07, 6.45) is 1.55. The number of H-pyrrole nitrogens is 1. The number of aromatic amines is 1. The zero-order valence-corrected chi connectivity index (χ0v) is 16.1. The summed E-state index contributed by atoms with van der Waals surface area (Å²) in [5.41, 5.74) is 4.75. The van der Waals surface area contributed by atoms with E-state index in [-0.39, 0.29) is 16.8 Å². The molecule has 0 bridgehead atoms. The Labute approximate surface area is 162 Å². The number of fused-ring (bicyclic) bond motifs is 1. The minimum Gasteiger partial charge on any atom is -0.477 e. The number of carbonyl (C=O) groups excluding carboxylic acids is 1. The molecule has 10 nitrogen and oxygen atoms in total. The zero-order chi connectivity index (χ0) is 19.7. The Hall–Kier alpha value is -2.05. The van der Waals surface area contributed by atoms with Gasteiger partial charge in [0, 0.05) is 18.1 Å². The number of aromatic nitrogens is 3. The Bertz CT molecular complexity index is 924. The Kier molecular flexibility index (Phi) is 5.77. The van der Waals surface area contributed by atoms with Crippen molar-refractivity contribution in [2.24, 2.45) is 5.73 Å². The second-order valence-electron chi connectivity index (χ2n) is 6.13. The summed E-state index contributed by atoms with van der Waals surface area (Å²) >= 11 is 2.57. The van der Waals surface area contributed by atoms with Crippen molar-refractivity contribution < 1.29 is 14.7 Å². The number of rotatable bonds is 7. The van der Waals surface area contributed by atoms with Gasteiger partial charge in [0.25, 0.3) is 0 Å². The average Bonchev–Trinajstić information content (AvgIpc) is 2.66. The van der Waals surface area contributed by atoms with Gasteiger partial charge >= 0.3 is 17.1 Å². The standard InChI is InChI=1S/C15H19N5O5S2/c1-2-3-4-19-12(23)10(21)17-18-15(19)27-6-7-5-26-13-8(16)11(22)20(13)9(7)14(24)25/h8,13H,2-6,16H2,1H3,(H,17,21)(H,24,25)/t8?,13-/m0/s1. The molecule has 2 atom stereocenters. The highest BCUT2D eigenvalue weighted by atomic mass is 32.2. The van der Waals surface area contributed by atoms with Crippen molar-refractivity contribution in [3.63, 3.8) is 0 Å². The molecule has 1 unspecified atom stereocenters. The third-order valence-electron chi connectivity index (χ3n) is 4.33. The second kappa shape index (κ2) is 7.90. The van der Waals surface area contributed by atoms with Crippen LogP contribution in [0.2, 0.25) is 0 Å². The van der Waals surface area contributed by atoms with Crippen LogP contribution in [0.1, 0.15) is 19.8 Å².